The van der Waals surface area contributed by atoms with E-state index in [1.54, 1.807) is 0 Å². The molecule has 2 heterocycles. The monoisotopic (exact) mass is 282 g/mol. The topological polar surface area (TPSA) is 32.3 Å². The predicted octanol–water partition coefficient (Wildman–Crippen LogP) is 2.34. The largest absolute Gasteiger partial charge is 0.340 e. The number of carbonyl (C=O) groups is 1. The van der Waals surface area contributed by atoms with Gasteiger partial charge in [-0.25, -0.2) is 0 Å². The minimum atomic E-state index is -0.0994. The highest BCUT2D eigenvalue weighted by molar-refractivity contribution is 5.84. The van der Waals surface area contributed by atoms with Crippen LogP contribution < -0.4 is 5.32 Å². The Morgan fingerprint density at radius 2 is 1.81 bits per heavy atom. The zero-order chi connectivity index (χ0) is 14.0. The Labute approximate surface area is 125 Å². The first-order chi connectivity index (χ1) is 10.3. The van der Waals surface area contributed by atoms with Crippen molar-refractivity contribution in [2.24, 2.45) is 23.7 Å². The molecule has 2 bridgehead atoms. The number of benzene rings is 1. The van der Waals surface area contributed by atoms with Gasteiger partial charge in [0, 0.05) is 19.6 Å². The van der Waals surface area contributed by atoms with Crippen molar-refractivity contribution in [1.29, 1.82) is 0 Å². The Morgan fingerprint density at radius 3 is 2.57 bits per heavy atom. The normalized spacial score (nSPS) is 39.6. The molecule has 5 rings (SSSR count). The van der Waals surface area contributed by atoms with Gasteiger partial charge in [-0.3, -0.25) is 10.1 Å². The zero-order valence-corrected chi connectivity index (χ0v) is 12.3. The van der Waals surface area contributed by atoms with Crippen molar-refractivity contribution in [3.8, 4) is 0 Å². The fourth-order valence-corrected chi connectivity index (χ4v) is 5.56. The molecule has 0 spiro atoms. The summed E-state index contributed by atoms with van der Waals surface area (Å²) in [5.74, 6) is 3.77. The fourth-order valence-electron chi connectivity index (χ4n) is 5.56. The van der Waals surface area contributed by atoms with Crippen molar-refractivity contribution in [2.75, 3.05) is 13.1 Å². The molecule has 1 amide bonds. The fraction of sp³-hybridized carbons (Fsp3) is 0.611. The van der Waals surface area contributed by atoms with E-state index >= 15 is 0 Å². The molecule has 2 saturated carbocycles. The Hall–Kier alpha value is -1.35. The first-order valence-corrected chi connectivity index (χ1v) is 8.41. The Balaban J connectivity index is 1.37. The molecule has 110 valence electrons. The molecule has 1 aromatic carbocycles. The van der Waals surface area contributed by atoms with Gasteiger partial charge in [-0.2, -0.15) is 0 Å². The van der Waals surface area contributed by atoms with Crippen molar-refractivity contribution in [3.63, 3.8) is 0 Å². The van der Waals surface area contributed by atoms with Crippen LogP contribution in [0.3, 0.4) is 0 Å². The van der Waals surface area contributed by atoms with Crippen molar-refractivity contribution in [1.82, 2.24) is 10.2 Å². The molecule has 2 aliphatic heterocycles. The first-order valence-electron chi connectivity index (χ1n) is 8.41. The molecule has 21 heavy (non-hydrogen) atoms. The highest BCUT2D eigenvalue weighted by Crippen LogP contribution is 2.55. The first kappa shape index (κ1) is 12.2. The molecule has 1 saturated heterocycles. The summed E-state index contributed by atoms with van der Waals surface area (Å²) in [5.41, 5.74) is 2.48. The van der Waals surface area contributed by atoms with Crippen molar-refractivity contribution < 1.29 is 4.79 Å². The lowest BCUT2D eigenvalue weighted by atomic mass is 9.82. The molecule has 0 radical (unpaired) electrons. The third-order valence-electron chi connectivity index (χ3n) is 6.56. The molecule has 3 nitrogen and oxygen atoms in total. The molecule has 0 aromatic heterocycles. The van der Waals surface area contributed by atoms with E-state index < -0.39 is 0 Å². The van der Waals surface area contributed by atoms with E-state index in [1.807, 2.05) is 6.07 Å². The molecular formula is C18H22N2O. The van der Waals surface area contributed by atoms with Crippen molar-refractivity contribution in [3.05, 3.63) is 35.4 Å². The summed E-state index contributed by atoms with van der Waals surface area (Å²) in [6, 6.07) is 8.25. The van der Waals surface area contributed by atoms with Gasteiger partial charge in [0.1, 0.15) is 6.04 Å². The van der Waals surface area contributed by atoms with Gasteiger partial charge in [0.25, 0.3) is 0 Å². The van der Waals surface area contributed by atoms with Crippen molar-refractivity contribution in [2.45, 2.75) is 31.8 Å². The molecule has 2 aliphatic carbocycles. The standard InChI is InChI=1S/C18H22N2O/c21-18(17-14-4-2-1-3-13(14)8-19-17)20-9-15-11-5-6-12(7-11)16(15)10-20/h1-4,11-12,15-17,19H,5-10H2/t11-,12+,15-,16+,17-/m1/s1. The summed E-state index contributed by atoms with van der Waals surface area (Å²) in [4.78, 5) is 15.1. The summed E-state index contributed by atoms with van der Waals surface area (Å²) in [6.07, 6.45) is 4.28. The minimum absolute atomic E-state index is 0.0994. The quantitative estimate of drug-likeness (QED) is 0.857. The van der Waals surface area contributed by atoms with Crippen LogP contribution in [0.1, 0.15) is 36.4 Å². The average Bonchev–Trinajstić information content (AvgIpc) is 3.25. The molecule has 3 fully saturated rings. The van der Waals surface area contributed by atoms with Gasteiger partial charge in [-0.1, -0.05) is 24.3 Å². The summed E-state index contributed by atoms with van der Waals surface area (Å²) >= 11 is 0. The van der Waals surface area contributed by atoms with Crippen LogP contribution in [-0.2, 0) is 11.3 Å². The molecule has 4 aliphatic rings. The van der Waals surface area contributed by atoms with E-state index in [4.69, 9.17) is 0 Å². The van der Waals surface area contributed by atoms with Gasteiger partial charge in [0.2, 0.25) is 5.91 Å². The van der Waals surface area contributed by atoms with E-state index in [1.165, 1.54) is 30.4 Å². The van der Waals surface area contributed by atoms with Gasteiger partial charge in [-0.05, 0) is 54.1 Å². The van der Waals surface area contributed by atoms with Crippen LogP contribution in [0, 0.1) is 23.7 Å². The predicted molar refractivity (Wildman–Crippen MR) is 80.4 cm³/mol. The van der Waals surface area contributed by atoms with Crippen molar-refractivity contribution >= 4 is 5.91 Å². The Morgan fingerprint density at radius 1 is 1.10 bits per heavy atom. The second-order valence-electron chi connectivity index (χ2n) is 7.42. The van der Waals surface area contributed by atoms with Crippen LogP contribution in [0.5, 0.6) is 0 Å². The molecule has 1 aromatic rings. The van der Waals surface area contributed by atoms with Gasteiger partial charge in [-0.15, -0.1) is 0 Å². The zero-order valence-electron chi connectivity index (χ0n) is 12.3. The number of rotatable bonds is 1. The van der Waals surface area contributed by atoms with E-state index in [0.717, 1.165) is 43.3 Å². The van der Waals surface area contributed by atoms with E-state index in [2.05, 4.69) is 28.4 Å². The third-order valence-corrected chi connectivity index (χ3v) is 6.56. The lowest BCUT2D eigenvalue weighted by Gasteiger charge is -2.23. The molecule has 0 unspecified atom stereocenters. The van der Waals surface area contributed by atoms with Gasteiger partial charge >= 0.3 is 0 Å². The SMILES string of the molecule is O=C([C@@H]1NCc2ccccc21)N1C[C@@H]2[C@@H]3CC[C@@H](C3)[C@@H]2C1. The summed E-state index contributed by atoms with van der Waals surface area (Å²) in [7, 11) is 0. The van der Waals surface area contributed by atoms with Crippen LogP contribution in [0.15, 0.2) is 24.3 Å². The number of likely N-dealkylation sites (tertiary alicyclic amines) is 1. The second-order valence-corrected chi connectivity index (χ2v) is 7.42. The molecule has 5 atom stereocenters. The highest BCUT2D eigenvalue weighted by atomic mass is 16.2. The minimum Gasteiger partial charge on any atom is -0.340 e. The van der Waals surface area contributed by atoms with E-state index in [9.17, 15) is 4.79 Å². The maximum atomic E-state index is 12.9. The van der Waals surface area contributed by atoms with Gasteiger partial charge in [0.05, 0.1) is 0 Å². The number of hydrogen-bond acceptors (Lipinski definition) is 2. The van der Waals surface area contributed by atoms with Gasteiger partial charge < -0.3 is 4.90 Å². The van der Waals surface area contributed by atoms with Crippen LogP contribution in [-0.4, -0.2) is 23.9 Å². The number of nitrogens with one attached hydrogen (secondary N) is 1. The Kier molecular flexibility index (Phi) is 2.52. The number of nitrogens with zero attached hydrogens (tertiary/aromatic N) is 1. The van der Waals surface area contributed by atoms with E-state index in [0.29, 0.717) is 5.91 Å². The summed E-state index contributed by atoms with van der Waals surface area (Å²) < 4.78 is 0. The summed E-state index contributed by atoms with van der Waals surface area (Å²) in [6.45, 7) is 2.87. The molecule has 3 heteroatoms. The Bertz CT molecular complexity index is 581. The second kappa shape index (κ2) is 4.33. The highest BCUT2D eigenvalue weighted by Gasteiger charge is 2.52. The lowest BCUT2D eigenvalue weighted by molar-refractivity contribution is -0.132. The average molecular weight is 282 g/mol. The number of carbonyl (C=O) groups excluding carboxylic acids is 1. The van der Waals surface area contributed by atoms with Crippen LogP contribution >= 0.6 is 0 Å². The number of fused-ring (bicyclic) bond motifs is 6. The number of hydrogen-bond donors (Lipinski definition) is 1. The van der Waals surface area contributed by atoms with Crippen LogP contribution in [0.4, 0.5) is 0 Å². The molecular weight excluding hydrogens is 260 g/mol. The smallest absolute Gasteiger partial charge is 0.244 e. The van der Waals surface area contributed by atoms with E-state index in [-0.39, 0.29) is 6.04 Å². The molecule has 1 N–H and O–H groups in total. The third kappa shape index (κ3) is 1.67. The lowest BCUT2D eigenvalue weighted by Crippen LogP contribution is -2.38. The maximum Gasteiger partial charge on any atom is 0.244 e. The number of amides is 1. The van der Waals surface area contributed by atoms with Crippen LogP contribution in [0.2, 0.25) is 0 Å². The van der Waals surface area contributed by atoms with Gasteiger partial charge in [0.15, 0.2) is 0 Å². The maximum absolute atomic E-state index is 12.9. The van der Waals surface area contributed by atoms with Crippen LogP contribution in [0.25, 0.3) is 0 Å². The summed E-state index contributed by atoms with van der Waals surface area (Å²) in [5, 5.41) is 3.41.